The zero-order valence-corrected chi connectivity index (χ0v) is 13.2. The van der Waals surface area contributed by atoms with E-state index in [0.29, 0.717) is 10.8 Å². The molecule has 0 aliphatic rings. The number of nitrogens with zero attached hydrogens (tertiary/aromatic N) is 2. The third-order valence-electron chi connectivity index (χ3n) is 2.42. The molecule has 2 heterocycles. The van der Waals surface area contributed by atoms with E-state index in [4.69, 9.17) is 10.5 Å². The number of aromatic amines is 1. The maximum absolute atomic E-state index is 12.2. The number of anilines is 1. The molecule has 0 saturated heterocycles. The molecular formula is C13H18N4O3S. The highest BCUT2D eigenvalue weighted by molar-refractivity contribution is 7.98. The zero-order valence-electron chi connectivity index (χ0n) is 12.4. The van der Waals surface area contributed by atoms with E-state index in [1.54, 1.807) is 13.2 Å². The highest BCUT2D eigenvalue weighted by Crippen LogP contribution is 2.17. The molecule has 3 N–H and O–H groups in total. The lowest BCUT2D eigenvalue weighted by Crippen LogP contribution is -2.20. The summed E-state index contributed by atoms with van der Waals surface area (Å²) in [6.45, 7) is 5.85. The van der Waals surface area contributed by atoms with Gasteiger partial charge < -0.3 is 15.5 Å². The molecule has 0 unspecified atom stereocenters. The van der Waals surface area contributed by atoms with Crippen LogP contribution in [0.2, 0.25) is 0 Å². The van der Waals surface area contributed by atoms with Gasteiger partial charge in [-0.2, -0.15) is 0 Å². The third kappa shape index (κ3) is 3.52. The van der Waals surface area contributed by atoms with Gasteiger partial charge in [-0.3, -0.25) is 4.79 Å². The Hall–Kier alpha value is -2.09. The minimum atomic E-state index is -0.695. The molecule has 0 fully saturated rings. The van der Waals surface area contributed by atoms with Gasteiger partial charge in [-0.05, 0) is 13.2 Å². The lowest BCUT2D eigenvalue weighted by atomic mass is 10.2. The van der Waals surface area contributed by atoms with Crippen LogP contribution in [-0.2, 0) is 4.74 Å². The molecule has 2 aromatic heterocycles. The van der Waals surface area contributed by atoms with Crippen molar-refractivity contribution in [3.05, 3.63) is 22.0 Å². The summed E-state index contributed by atoms with van der Waals surface area (Å²) in [5.41, 5.74) is 5.40. The van der Waals surface area contributed by atoms with Gasteiger partial charge in [0.25, 0.3) is 0 Å². The molecule has 0 radical (unpaired) electrons. The van der Waals surface area contributed by atoms with E-state index < -0.39 is 11.4 Å². The van der Waals surface area contributed by atoms with E-state index in [2.05, 4.69) is 15.0 Å². The second-order valence-corrected chi connectivity index (χ2v) is 4.34. The van der Waals surface area contributed by atoms with Crippen molar-refractivity contribution in [2.24, 2.45) is 0 Å². The number of carbonyl (C=O) groups excluding carboxylic acids is 1. The second-order valence-electron chi connectivity index (χ2n) is 3.57. The summed E-state index contributed by atoms with van der Waals surface area (Å²) in [5.74, 6) is -0.652. The Balaban J connectivity index is 0.00000106. The van der Waals surface area contributed by atoms with Crippen molar-refractivity contribution in [3.8, 4) is 0 Å². The number of fused-ring (bicyclic) bond motifs is 1. The van der Waals surface area contributed by atoms with E-state index in [1.807, 2.05) is 13.8 Å². The van der Waals surface area contributed by atoms with Crippen LogP contribution in [0.1, 0.15) is 31.1 Å². The molecule has 21 heavy (non-hydrogen) atoms. The SMILES string of the molecule is CC.CCOC(=O)c1c[nH]c2nc(SC)nc(N)c2c1=O. The van der Waals surface area contributed by atoms with Crippen molar-refractivity contribution in [1.29, 1.82) is 0 Å². The number of esters is 1. The van der Waals surface area contributed by atoms with Gasteiger partial charge >= 0.3 is 5.97 Å². The molecule has 0 amide bonds. The number of aromatic nitrogens is 3. The highest BCUT2D eigenvalue weighted by atomic mass is 32.2. The average molecular weight is 310 g/mol. The number of ether oxygens (including phenoxy) is 1. The summed E-state index contributed by atoms with van der Waals surface area (Å²) in [4.78, 5) is 34.7. The first-order chi connectivity index (χ1) is 10.1. The average Bonchev–Trinajstić information content (AvgIpc) is 2.49. The van der Waals surface area contributed by atoms with Crippen molar-refractivity contribution >= 4 is 34.6 Å². The van der Waals surface area contributed by atoms with Crippen molar-refractivity contribution in [2.75, 3.05) is 18.6 Å². The largest absolute Gasteiger partial charge is 0.462 e. The Morgan fingerprint density at radius 3 is 2.67 bits per heavy atom. The summed E-state index contributed by atoms with van der Waals surface area (Å²) in [7, 11) is 0. The molecule has 7 nitrogen and oxygen atoms in total. The summed E-state index contributed by atoms with van der Waals surface area (Å²) < 4.78 is 4.80. The van der Waals surface area contributed by atoms with Gasteiger partial charge in [0, 0.05) is 6.20 Å². The minimum absolute atomic E-state index is 0.0433. The standard InChI is InChI=1S/C11H12N4O3S.C2H6/c1-3-18-10(17)5-4-13-9-6(7(5)16)8(12)14-11(15-9)19-2;1-2/h4H,3H2,1-2H3,(H3,12,13,14,15,16);1-2H3. The fourth-order valence-corrected chi connectivity index (χ4v) is 1.95. The van der Waals surface area contributed by atoms with Crippen molar-refractivity contribution in [2.45, 2.75) is 25.9 Å². The predicted molar refractivity (Wildman–Crippen MR) is 83.7 cm³/mol. The van der Waals surface area contributed by atoms with Crippen LogP contribution in [0.5, 0.6) is 0 Å². The van der Waals surface area contributed by atoms with Crippen LogP contribution in [0, 0.1) is 0 Å². The number of pyridine rings is 1. The van der Waals surface area contributed by atoms with Crippen molar-refractivity contribution in [3.63, 3.8) is 0 Å². The molecule has 8 heteroatoms. The number of nitrogens with one attached hydrogen (secondary N) is 1. The van der Waals surface area contributed by atoms with Crippen LogP contribution in [0.15, 0.2) is 16.1 Å². The van der Waals surface area contributed by atoms with Gasteiger partial charge in [0.2, 0.25) is 5.43 Å². The zero-order chi connectivity index (χ0) is 16.0. The van der Waals surface area contributed by atoms with Crippen LogP contribution in [0.3, 0.4) is 0 Å². The van der Waals surface area contributed by atoms with Crippen LogP contribution < -0.4 is 11.2 Å². The third-order valence-corrected chi connectivity index (χ3v) is 2.97. The summed E-state index contributed by atoms with van der Waals surface area (Å²) in [5, 5.41) is 0.549. The predicted octanol–water partition coefficient (Wildman–Crippen LogP) is 1.83. The van der Waals surface area contributed by atoms with Gasteiger partial charge in [0.15, 0.2) is 5.16 Å². The molecule has 0 aromatic carbocycles. The van der Waals surface area contributed by atoms with E-state index in [9.17, 15) is 9.59 Å². The molecule has 0 spiro atoms. The molecule has 0 atom stereocenters. The molecule has 2 aromatic rings. The topological polar surface area (TPSA) is 111 Å². The van der Waals surface area contributed by atoms with Gasteiger partial charge in [0.05, 0.1) is 6.61 Å². The fraction of sp³-hybridized carbons (Fsp3) is 0.385. The Kier molecular flexibility index (Phi) is 6.16. The number of nitrogen functional groups attached to an aromatic ring is 1. The number of H-pyrrole nitrogens is 1. The summed E-state index contributed by atoms with van der Waals surface area (Å²) in [6.07, 6.45) is 3.07. The maximum atomic E-state index is 12.2. The lowest BCUT2D eigenvalue weighted by molar-refractivity contribution is 0.0524. The quantitative estimate of drug-likeness (QED) is 0.505. The first-order valence-corrected chi connectivity index (χ1v) is 7.71. The van der Waals surface area contributed by atoms with Crippen LogP contribution >= 0.6 is 11.8 Å². The van der Waals surface area contributed by atoms with Crippen LogP contribution in [0.25, 0.3) is 11.0 Å². The van der Waals surface area contributed by atoms with Crippen molar-refractivity contribution < 1.29 is 9.53 Å². The first kappa shape index (κ1) is 17.0. The molecule has 114 valence electrons. The lowest BCUT2D eigenvalue weighted by Gasteiger charge is -2.05. The molecular weight excluding hydrogens is 292 g/mol. The van der Waals surface area contributed by atoms with Crippen molar-refractivity contribution in [1.82, 2.24) is 15.0 Å². The van der Waals surface area contributed by atoms with Crippen LogP contribution in [0.4, 0.5) is 5.82 Å². The minimum Gasteiger partial charge on any atom is -0.462 e. The number of rotatable bonds is 3. The first-order valence-electron chi connectivity index (χ1n) is 6.48. The molecule has 0 saturated carbocycles. The maximum Gasteiger partial charge on any atom is 0.343 e. The van der Waals surface area contributed by atoms with Crippen LogP contribution in [-0.4, -0.2) is 33.8 Å². The molecule has 2 rings (SSSR count). The number of nitrogens with two attached hydrogens (primary N) is 1. The van der Waals surface area contributed by atoms with E-state index >= 15 is 0 Å². The van der Waals surface area contributed by atoms with Gasteiger partial charge in [-0.15, -0.1) is 0 Å². The van der Waals surface area contributed by atoms with Gasteiger partial charge in [-0.1, -0.05) is 25.6 Å². The Morgan fingerprint density at radius 1 is 1.43 bits per heavy atom. The van der Waals surface area contributed by atoms with E-state index in [0.717, 1.165) is 0 Å². The molecule has 0 aliphatic heterocycles. The monoisotopic (exact) mass is 310 g/mol. The normalized spacial score (nSPS) is 9.90. The fourth-order valence-electron chi connectivity index (χ4n) is 1.58. The van der Waals surface area contributed by atoms with E-state index in [-0.39, 0.29) is 23.4 Å². The summed E-state index contributed by atoms with van der Waals surface area (Å²) >= 11 is 1.31. The van der Waals surface area contributed by atoms with E-state index in [1.165, 1.54) is 18.0 Å². The molecule has 0 bridgehead atoms. The Morgan fingerprint density at radius 2 is 2.10 bits per heavy atom. The summed E-state index contributed by atoms with van der Waals surface area (Å²) in [6, 6.07) is 0. The Bertz CT molecular complexity index is 700. The second kappa shape index (κ2) is 7.63. The smallest absolute Gasteiger partial charge is 0.343 e. The number of thioether (sulfide) groups is 1. The van der Waals surface area contributed by atoms with Gasteiger partial charge in [0.1, 0.15) is 22.4 Å². The number of hydrogen-bond donors (Lipinski definition) is 2. The van der Waals surface area contributed by atoms with Gasteiger partial charge in [-0.25, -0.2) is 14.8 Å². The molecule has 0 aliphatic carbocycles. The number of hydrogen-bond acceptors (Lipinski definition) is 7. The highest BCUT2D eigenvalue weighted by Gasteiger charge is 2.17. The number of carbonyl (C=O) groups is 1. The Labute approximate surface area is 126 Å².